The molecule has 0 aromatic carbocycles. The Kier molecular flexibility index (Phi) is 5.40. The van der Waals surface area contributed by atoms with Crippen LogP contribution in [0.15, 0.2) is 41.7 Å². The molecule has 2 aromatic rings. The highest BCUT2D eigenvalue weighted by Gasteiger charge is 2.49. The SMILES string of the molecule is C=N/C=C\C=C(/C)c1cc(C)n2ccc(C(=O)NC(C3CC3)C(F)(F)F)c2n1. The maximum atomic E-state index is 13.2. The van der Waals surface area contributed by atoms with Crippen LogP contribution in [0.2, 0.25) is 0 Å². The number of allylic oxidation sites excluding steroid dienone is 3. The Labute approximate surface area is 160 Å². The van der Waals surface area contributed by atoms with Gasteiger partial charge in [0.05, 0.1) is 11.3 Å². The number of hydrogen-bond donors (Lipinski definition) is 1. The number of aliphatic imine (C=N–C) groups is 1. The number of carbonyl (C=O) groups is 1. The van der Waals surface area contributed by atoms with Gasteiger partial charge in [-0.15, -0.1) is 0 Å². The summed E-state index contributed by atoms with van der Waals surface area (Å²) in [4.78, 5) is 20.7. The van der Waals surface area contributed by atoms with E-state index in [9.17, 15) is 18.0 Å². The number of aromatic nitrogens is 2. The molecule has 0 spiro atoms. The lowest BCUT2D eigenvalue weighted by Gasteiger charge is -2.21. The van der Waals surface area contributed by atoms with Crippen LogP contribution in [0, 0.1) is 12.8 Å². The topological polar surface area (TPSA) is 58.8 Å². The van der Waals surface area contributed by atoms with Gasteiger partial charge in [0.1, 0.15) is 11.7 Å². The Morgan fingerprint density at radius 2 is 2.18 bits per heavy atom. The second kappa shape index (κ2) is 7.61. The molecule has 1 fully saturated rings. The summed E-state index contributed by atoms with van der Waals surface area (Å²) >= 11 is 0. The maximum absolute atomic E-state index is 13.2. The Balaban J connectivity index is 1.95. The van der Waals surface area contributed by atoms with Gasteiger partial charge in [0, 0.05) is 18.1 Å². The molecule has 0 radical (unpaired) electrons. The zero-order valence-corrected chi connectivity index (χ0v) is 15.6. The van der Waals surface area contributed by atoms with Crippen LogP contribution in [0.4, 0.5) is 13.2 Å². The first kappa shape index (κ1) is 19.9. The van der Waals surface area contributed by atoms with Crippen molar-refractivity contribution in [2.45, 2.75) is 38.9 Å². The molecule has 2 aromatic heterocycles. The number of hydrogen-bond acceptors (Lipinski definition) is 3. The first-order chi connectivity index (χ1) is 13.2. The number of fused-ring (bicyclic) bond motifs is 1. The van der Waals surface area contributed by atoms with Gasteiger partial charge in [-0.1, -0.05) is 6.08 Å². The van der Waals surface area contributed by atoms with Crippen LogP contribution in [-0.2, 0) is 0 Å². The summed E-state index contributed by atoms with van der Waals surface area (Å²) in [6.07, 6.45) is 3.14. The molecular weight excluding hydrogens is 369 g/mol. The summed E-state index contributed by atoms with van der Waals surface area (Å²) in [5.41, 5.74) is 2.70. The van der Waals surface area contributed by atoms with Gasteiger partial charge in [-0.25, -0.2) is 4.98 Å². The Morgan fingerprint density at radius 1 is 1.46 bits per heavy atom. The fourth-order valence-electron chi connectivity index (χ4n) is 3.06. The van der Waals surface area contributed by atoms with E-state index >= 15 is 0 Å². The molecule has 148 valence electrons. The summed E-state index contributed by atoms with van der Waals surface area (Å²) in [5, 5.41) is 2.16. The zero-order valence-electron chi connectivity index (χ0n) is 15.6. The lowest BCUT2D eigenvalue weighted by Crippen LogP contribution is -2.46. The molecule has 1 atom stereocenters. The fourth-order valence-corrected chi connectivity index (χ4v) is 3.06. The van der Waals surface area contributed by atoms with Crippen LogP contribution in [0.5, 0.6) is 0 Å². The van der Waals surface area contributed by atoms with Crippen LogP contribution in [-0.4, -0.2) is 34.2 Å². The highest BCUT2D eigenvalue weighted by atomic mass is 19.4. The predicted octanol–water partition coefficient (Wildman–Crippen LogP) is 4.33. The number of aryl methyl sites for hydroxylation is 1. The highest BCUT2D eigenvalue weighted by Crippen LogP contribution is 2.40. The van der Waals surface area contributed by atoms with E-state index in [1.165, 1.54) is 12.3 Å². The molecule has 3 rings (SSSR count). The van der Waals surface area contributed by atoms with E-state index in [0.29, 0.717) is 24.2 Å². The molecule has 28 heavy (non-hydrogen) atoms. The average molecular weight is 390 g/mol. The van der Waals surface area contributed by atoms with Crippen LogP contribution in [0.1, 0.15) is 41.5 Å². The fraction of sp³-hybridized carbons (Fsp3) is 0.350. The molecule has 0 saturated heterocycles. The van der Waals surface area contributed by atoms with Gasteiger partial charge >= 0.3 is 6.18 Å². The quantitative estimate of drug-likeness (QED) is 0.590. The first-order valence-electron chi connectivity index (χ1n) is 8.88. The van der Waals surface area contributed by atoms with E-state index < -0.39 is 24.0 Å². The average Bonchev–Trinajstić information content (AvgIpc) is 3.36. The van der Waals surface area contributed by atoms with Crippen LogP contribution in [0.25, 0.3) is 11.2 Å². The Hall–Kier alpha value is -2.90. The second-order valence-corrected chi connectivity index (χ2v) is 6.91. The lowest BCUT2D eigenvalue weighted by atomic mass is 10.1. The smallest absolute Gasteiger partial charge is 0.340 e. The zero-order chi connectivity index (χ0) is 20.5. The molecule has 1 aliphatic carbocycles. The van der Waals surface area contributed by atoms with E-state index in [0.717, 1.165) is 11.3 Å². The Bertz CT molecular complexity index is 968. The van der Waals surface area contributed by atoms with Crippen LogP contribution in [0.3, 0.4) is 0 Å². The molecule has 8 heteroatoms. The van der Waals surface area contributed by atoms with Gasteiger partial charge in [-0.2, -0.15) is 13.2 Å². The molecule has 1 N–H and O–H groups in total. The maximum Gasteiger partial charge on any atom is 0.408 e. The lowest BCUT2D eigenvalue weighted by molar-refractivity contribution is -0.158. The van der Waals surface area contributed by atoms with Crippen molar-refractivity contribution in [1.82, 2.24) is 14.7 Å². The van der Waals surface area contributed by atoms with Crippen LogP contribution < -0.4 is 5.32 Å². The first-order valence-corrected chi connectivity index (χ1v) is 8.88. The van der Waals surface area contributed by atoms with E-state index in [1.54, 1.807) is 22.7 Å². The predicted molar refractivity (Wildman–Crippen MR) is 102 cm³/mol. The van der Waals surface area contributed by atoms with Crippen molar-refractivity contribution in [2.24, 2.45) is 10.9 Å². The van der Waals surface area contributed by atoms with E-state index in [1.807, 2.05) is 19.9 Å². The number of nitrogens with zero attached hydrogens (tertiary/aromatic N) is 3. The van der Waals surface area contributed by atoms with Gasteiger partial charge < -0.3 is 9.72 Å². The molecular formula is C20H21F3N4O. The number of nitrogens with one attached hydrogen (secondary N) is 1. The minimum absolute atomic E-state index is 0.121. The van der Waals surface area contributed by atoms with E-state index in [4.69, 9.17) is 0 Å². The Morgan fingerprint density at radius 3 is 2.79 bits per heavy atom. The summed E-state index contributed by atoms with van der Waals surface area (Å²) < 4.78 is 41.4. The number of alkyl halides is 3. The monoisotopic (exact) mass is 390 g/mol. The third-order valence-electron chi connectivity index (χ3n) is 4.73. The summed E-state index contributed by atoms with van der Waals surface area (Å²) in [5.74, 6) is -1.31. The minimum atomic E-state index is -4.47. The molecule has 1 saturated carbocycles. The largest absolute Gasteiger partial charge is 0.408 e. The molecule has 0 aliphatic heterocycles. The molecule has 5 nitrogen and oxygen atoms in total. The van der Waals surface area contributed by atoms with E-state index in [2.05, 4.69) is 22.0 Å². The second-order valence-electron chi connectivity index (χ2n) is 6.91. The molecule has 1 unspecified atom stereocenters. The van der Waals surface area contributed by atoms with Crippen LogP contribution >= 0.6 is 0 Å². The normalized spacial score (nSPS) is 16.5. The highest BCUT2D eigenvalue weighted by molar-refractivity contribution is 6.00. The van der Waals surface area contributed by atoms with Crippen molar-refractivity contribution in [2.75, 3.05) is 0 Å². The number of carbonyl (C=O) groups excluding carboxylic acids is 1. The van der Waals surface area contributed by atoms with Gasteiger partial charge in [-0.05, 0) is 63.1 Å². The van der Waals surface area contributed by atoms with Crippen molar-refractivity contribution in [1.29, 1.82) is 0 Å². The van der Waals surface area contributed by atoms with Crippen molar-refractivity contribution < 1.29 is 18.0 Å². The van der Waals surface area contributed by atoms with Crippen molar-refractivity contribution in [3.8, 4) is 0 Å². The summed E-state index contributed by atoms with van der Waals surface area (Å²) in [6, 6.07) is 1.52. The number of halogens is 3. The minimum Gasteiger partial charge on any atom is -0.340 e. The standard InChI is InChI=1S/C20H21F3N4O/c1-12(5-4-9-24-3)16-11-13(2)27-10-8-15(18(27)25-16)19(28)26-17(14-6-7-14)20(21,22)23/h4-5,8-11,14,17H,3,6-7H2,1-2H3,(H,26,28)/b9-4-,12-5+. The van der Waals surface area contributed by atoms with Crippen molar-refractivity contribution >= 4 is 23.8 Å². The number of amides is 1. The van der Waals surface area contributed by atoms with Gasteiger partial charge in [-0.3, -0.25) is 9.79 Å². The van der Waals surface area contributed by atoms with Gasteiger partial charge in [0.2, 0.25) is 0 Å². The molecule has 2 heterocycles. The third kappa shape index (κ3) is 4.16. The molecule has 1 aliphatic rings. The number of rotatable bonds is 6. The molecule has 0 bridgehead atoms. The van der Waals surface area contributed by atoms with Gasteiger partial charge in [0.25, 0.3) is 5.91 Å². The van der Waals surface area contributed by atoms with E-state index in [-0.39, 0.29) is 5.56 Å². The third-order valence-corrected chi connectivity index (χ3v) is 4.73. The van der Waals surface area contributed by atoms with Gasteiger partial charge in [0.15, 0.2) is 0 Å². The molecule has 1 amide bonds. The summed E-state index contributed by atoms with van der Waals surface area (Å²) in [7, 11) is 0. The van der Waals surface area contributed by atoms with Crippen molar-refractivity contribution in [3.05, 3.63) is 53.6 Å². The van der Waals surface area contributed by atoms with Crippen molar-refractivity contribution in [3.63, 3.8) is 0 Å². The summed E-state index contributed by atoms with van der Waals surface area (Å²) in [6.45, 7) is 7.05.